The average Bonchev–Trinajstić information content (AvgIpc) is 2.69. The molecule has 0 spiro atoms. The molecule has 3 nitrogen and oxygen atoms in total. The normalized spacial score (nSPS) is 15.0. The summed E-state index contributed by atoms with van der Waals surface area (Å²) in [6.07, 6.45) is 0. The molecule has 0 fully saturated rings. The topological polar surface area (TPSA) is 32.2 Å². The average molecular weight is 225 g/mol. The number of hydrogen-bond acceptors (Lipinski definition) is 3. The van der Waals surface area contributed by atoms with Gasteiger partial charge in [0.15, 0.2) is 0 Å². The molecule has 3 heteroatoms. The maximum Gasteiger partial charge on any atom is 0.207 e. The van der Waals surface area contributed by atoms with E-state index in [0.29, 0.717) is 6.67 Å². The summed E-state index contributed by atoms with van der Waals surface area (Å²) in [6.45, 7) is 1.19. The van der Waals surface area contributed by atoms with E-state index in [2.05, 4.69) is 17.0 Å². The molecule has 0 aromatic heterocycles. The van der Waals surface area contributed by atoms with Crippen LogP contribution in [0.4, 0.5) is 11.4 Å². The smallest absolute Gasteiger partial charge is 0.207 e. The molecule has 1 radical (unpaired) electrons. The first-order chi connectivity index (χ1) is 8.34. The summed E-state index contributed by atoms with van der Waals surface area (Å²) in [5.41, 5.74) is 3.01. The molecule has 0 aliphatic carbocycles. The standard InChI is InChI=1S/C14H13N2O/c17-16-11-15(10-12-6-2-1-3-7-12)13-8-4-5-9-14(13)16/h1-9H,10-11H2. The first kappa shape index (κ1) is 10.3. The molecule has 0 saturated heterocycles. The van der Waals surface area contributed by atoms with Gasteiger partial charge in [-0.15, -0.1) is 5.06 Å². The number of hydroxylamine groups is 1. The Bertz CT molecular complexity index is 513. The molecule has 1 aliphatic heterocycles. The highest BCUT2D eigenvalue weighted by atomic mass is 16.5. The molecule has 3 rings (SSSR count). The lowest BCUT2D eigenvalue weighted by Crippen LogP contribution is -2.27. The number of fused-ring (bicyclic) bond motifs is 1. The van der Waals surface area contributed by atoms with Crippen molar-refractivity contribution in [3.8, 4) is 0 Å². The fourth-order valence-electron chi connectivity index (χ4n) is 2.19. The van der Waals surface area contributed by atoms with E-state index in [0.717, 1.165) is 23.0 Å². The van der Waals surface area contributed by atoms with E-state index in [1.807, 2.05) is 42.5 Å². The van der Waals surface area contributed by atoms with E-state index in [-0.39, 0.29) is 0 Å². The highest BCUT2D eigenvalue weighted by Crippen LogP contribution is 2.35. The third-order valence-corrected chi connectivity index (χ3v) is 3.01. The quantitative estimate of drug-likeness (QED) is 0.581. The van der Waals surface area contributed by atoms with Crippen LogP contribution in [0.2, 0.25) is 0 Å². The van der Waals surface area contributed by atoms with E-state index in [4.69, 9.17) is 0 Å². The maximum atomic E-state index is 11.7. The molecule has 17 heavy (non-hydrogen) atoms. The minimum atomic E-state index is 0.411. The van der Waals surface area contributed by atoms with Gasteiger partial charge in [-0.2, -0.15) is 0 Å². The highest BCUT2D eigenvalue weighted by Gasteiger charge is 2.29. The molecule has 0 saturated carbocycles. The van der Waals surface area contributed by atoms with Crippen LogP contribution in [0, 0.1) is 5.21 Å². The van der Waals surface area contributed by atoms with Gasteiger partial charge < -0.3 is 10.1 Å². The Labute approximate surface area is 100 Å². The van der Waals surface area contributed by atoms with Crippen LogP contribution in [-0.4, -0.2) is 6.67 Å². The summed E-state index contributed by atoms with van der Waals surface area (Å²) in [4.78, 5) is 2.09. The van der Waals surface area contributed by atoms with Crippen LogP contribution >= 0.6 is 0 Å². The maximum absolute atomic E-state index is 11.7. The Balaban J connectivity index is 1.87. The molecule has 0 bridgehead atoms. The number of benzene rings is 2. The largest absolute Gasteiger partial charge is 0.575 e. The van der Waals surface area contributed by atoms with Crippen LogP contribution in [0.3, 0.4) is 0 Å². The van der Waals surface area contributed by atoms with Gasteiger partial charge in [0, 0.05) is 12.6 Å². The number of nitrogens with zero attached hydrogens (tertiary/aromatic N) is 2. The lowest BCUT2D eigenvalue weighted by Gasteiger charge is -2.15. The second-order valence-electron chi connectivity index (χ2n) is 4.19. The summed E-state index contributed by atoms with van der Waals surface area (Å²) in [5.74, 6) is 0. The van der Waals surface area contributed by atoms with E-state index in [1.165, 1.54) is 5.56 Å². The molecule has 2 aromatic carbocycles. The lowest BCUT2D eigenvalue weighted by molar-refractivity contribution is 0.677. The van der Waals surface area contributed by atoms with E-state index >= 15 is 0 Å². The molecule has 1 heterocycles. The SMILES string of the molecule is [O-][N+]1CN(Cc2ccccc2)c2ccccc21. The summed E-state index contributed by atoms with van der Waals surface area (Å²) >= 11 is 0. The van der Waals surface area contributed by atoms with Gasteiger partial charge in [0.1, 0.15) is 5.69 Å². The molecule has 2 aromatic rings. The van der Waals surface area contributed by atoms with Crippen molar-refractivity contribution >= 4 is 11.4 Å². The third-order valence-electron chi connectivity index (χ3n) is 3.01. The Morgan fingerprint density at radius 1 is 1.00 bits per heavy atom. The number of anilines is 2. The van der Waals surface area contributed by atoms with Crippen LogP contribution in [0.1, 0.15) is 5.56 Å². The zero-order valence-corrected chi connectivity index (χ0v) is 9.41. The minimum Gasteiger partial charge on any atom is -0.575 e. The van der Waals surface area contributed by atoms with Crippen LogP contribution in [-0.2, 0) is 6.54 Å². The Morgan fingerprint density at radius 2 is 1.71 bits per heavy atom. The summed E-state index contributed by atoms with van der Waals surface area (Å²) in [5, 5.41) is 12.8. The first-order valence-corrected chi connectivity index (χ1v) is 5.67. The molecule has 0 unspecified atom stereocenters. The predicted molar refractivity (Wildman–Crippen MR) is 69.1 cm³/mol. The zero-order valence-electron chi connectivity index (χ0n) is 9.41. The first-order valence-electron chi connectivity index (χ1n) is 5.67. The molecule has 1 aliphatic rings. The Morgan fingerprint density at radius 3 is 2.53 bits per heavy atom. The second-order valence-corrected chi connectivity index (χ2v) is 4.19. The number of rotatable bonds is 2. The van der Waals surface area contributed by atoms with Crippen LogP contribution in [0.15, 0.2) is 54.6 Å². The fourth-order valence-corrected chi connectivity index (χ4v) is 2.19. The Hall–Kier alpha value is -1.84. The van der Waals surface area contributed by atoms with Gasteiger partial charge in [-0.25, -0.2) is 0 Å². The highest BCUT2D eigenvalue weighted by molar-refractivity contribution is 5.71. The Kier molecular flexibility index (Phi) is 2.55. The van der Waals surface area contributed by atoms with Crippen LogP contribution in [0.5, 0.6) is 0 Å². The van der Waals surface area contributed by atoms with E-state index < -0.39 is 0 Å². The van der Waals surface area contributed by atoms with Crippen molar-refractivity contribution in [2.24, 2.45) is 0 Å². The van der Waals surface area contributed by atoms with Gasteiger partial charge in [0.2, 0.25) is 12.4 Å². The molecular weight excluding hydrogens is 212 g/mol. The zero-order chi connectivity index (χ0) is 11.7. The summed E-state index contributed by atoms with van der Waals surface area (Å²) < 4.78 is 0. The third kappa shape index (κ3) is 1.90. The van der Waals surface area contributed by atoms with Gasteiger partial charge >= 0.3 is 0 Å². The van der Waals surface area contributed by atoms with Crippen molar-refractivity contribution in [1.82, 2.24) is 5.06 Å². The number of para-hydroxylation sites is 2. The van der Waals surface area contributed by atoms with Crippen molar-refractivity contribution in [3.05, 3.63) is 65.4 Å². The molecule has 0 amide bonds. The second kappa shape index (κ2) is 4.20. The van der Waals surface area contributed by atoms with Crippen molar-refractivity contribution in [3.63, 3.8) is 0 Å². The molecule has 0 atom stereocenters. The molecule has 0 N–H and O–H groups in total. The van der Waals surface area contributed by atoms with Gasteiger partial charge in [0.25, 0.3) is 0 Å². The van der Waals surface area contributed by atoms with Crippen LogP contribution in [0.25, 0.3) is 0 Å². The fraction of sp³-hybridized carbons (Fsp3) is 0.143. The number of hydrogen-bond donors (Lipinski definition) is 0. The van der Waals surface area contributed by atoms with E-state index in [9.17, 15) is 5.21 Å². The van der Waals surface area contributed by atoms with E-state index in [1.54, 1.807) is 0 Å². The van der Waals surface area contributed by atoms with Crippen molar-refractivity contribution < 1.29 is 0 Å². The molecular formula is C14H13N2O. The molecule has 85 valence electrons. The van der Waals surface area contributed by atoms with Crippen molar-refractivity contribution in [2.45, 2.75) is 6.54 Å². The monoisotopic (exact) mass is 225 g/mol. The predicted octanol–water partition coefficient (Wildman–Crippen LogP) is 2.93. The van der Waals surface area contributed by atoms with Gasteiger partial charge in [-0.3, -0.25) is 0 Å². The van der Waals surface area contributed by atoms with Crippen molar-refractivity contribution in [1.29, 1.82) is 0 Å². The lowest BCUT2D eigenvalue weighted by atomic mass is 10.2. The van der Waals surface area contributed by atoms with Crippen molar-refractivity contribution in [2.75, 3.05) is 11.6 Å². The van der Waals surface area contributed by atoms with Gasteiger partial charge in [0.05, 0.1) is 0 Å². The summed E-state index contributed by atoms with van der Waals surface area (Å²) in [7, 11) is 0. The summed E-state index contributed by atoms with van der Waals surface area (Å²) in [6, 6.07) is 17.9. The minimum absolute atomic E-state index is 0.411. The van der Waals surface area contributed by atoms with Gasteiger partial charge in [-0.05, 0) is 11.6 Å². The van der Waals surface area contributed by atoms with Crippen LogP contribution < -0.4 is 9.96 Å². The van der Waals surface area contributed by atoms with Gasteiger partial charge in [-0.1, -0.05) is 42.5 Å².